The van der Waals surface area contributed by atoms with Crippen LogP contribution in [0, 0.1) is 18.6 Å². The summed E-state index contributed by atoms with van der Waals surface area (Å²) in [5.74, 6) is -0.750. The number of hydrogen-bond donors (Lipinski definition) is 1. The van der Waals surface area contributed by atoms with Crippen LogP contribution in [0.3, 0.4) is 0 Å². The molecule has 1 unspecified atom stereocenters. The molecule has 2 aromatic carbocycles. The van der Waals surface area contributed by atoms with Crippen molar-refractivity contribution in [2.24, 2.45) is 0 Å². The van der Waals surface area contributed by atoms with Gasteiger partial charge in [0.15, 0.2) is 0 Å². The molecule has 19 heavy (non-hydrogen) atoms. The normalized spacial score (nSPS) is 12.5. The van der Waals surface area contributed by atoms with E-state index in [1.165, 1.54) is 12.1 Å². The number of hydrogen-bond acceptors (Lipinski definition) is 1. The van der Waals surface area contributed by atoms with E-state index < -0.39 is 11.9 Å². The maximum Gasteiger partial charge on any atom is 0.131 e. The Labute approximate surface area is 119 Å². The summed E-state index contributed by atoms with van der Waals surface area (Å²) in [5.41, 5.74) is 1.49. The van der Waals surface area contributed by atoms with Gasteiger partial charge in [0.05, 0.1) is 6.10 Å². The fraction of sp³-hybridized carbons (Fsp3) is 0.200. The lowest BCUT2D eigenvalue weighted by Gasteiger charge is -2.14. The van der Waals surface area contributed by atoms with Crippen molar-refractivity contribution < 1.29 is 13.9 Å². The number of aliphatic hydroxyl groups is 1. The van der Waals surface area contributed by atoms with Crippen molar-refractivity contribution >= 4 is 15.9 Å². The quantitative estimate of drug-likeness (QED) is 0.891. The first-order chi connectivity index (χ1) is 8.99. The lowest BCUT2D eigenvalue weighted by molar-refractivity contribution is 0.173. The van der Waals surface area contributed by atoms with Crippen LogP contribution in [0.25, 0.3) is 0 Å². The molecule has 1 nitrogen and oxygen atoms in total. The lowest BCUT2D eigenvalue weighted by atomic mass is 9.99. The van der Waals surface area contributed by atoms with Gasteiger partial charge in [-0.05, 0) is 30.2 Å². The molecule has 0 heterocycles. The first kappa shape index (κ1) is 14.2. The minimum atomic E-state index is -0.957. The summed E-state index contributed by atoms with van der Waals surface area (Å²) in [6.45, 7) is 1.65. The van der Waals surface area contributed by atoms with Crippen molar-refractivity contribution in [2.45, 2.75) is 19.4 Å². The van der Waals surface area contributed by atoms with Crippen molar-refractivity contribution in [1.82, 2.24) is 0 Å². The van der Waals surface area contributed by atoms with E-state index >= 15 is 0 Å². The molecule has 1 N–H and O–H groups in total. The van der Waals surface area contributed by atoms with Gasteiger partial charge in [0.25, 0.3) is 0 Å². The highest BCUT2D eigenvalue weighted by atomic mass is 79.9. The van der Waals surface area contributed by atoms with Crippen LogP contribution in [0.4, 0.5) is 8.78 Å². The number of aryl methyl sites for hydroxylation is 1. The molecule has 0 spiro atoms. The average molecular weight is 327 g/mol. The van der Waals surface area contributed by atoms with Gasteiger partial charge in [-0.2, -0.15) is 0 Å². The molecule has 0 radical (unpaired) electrons. The molecule has 2 rings (SSSR count). The van der Waals surface area contributed by atoms with Gasteiger partial charge in [0.1, 0.15) is 11.6 Å². The molecule has 0 aliphatic carbocycles. The predicted octanol–water partition coefficient (Wildman–Crippen LogP) is 4.31. The minimum absolute atomic E-state index is 0.223. The first-order valence-corrected chi connectivity index (χ1v) is 6.65. The van der Waals surface area contributed by atoms with E-state index in [0.717, 1.165) is 5.56 Å². The third-order valence-corrected chi connectivity index (χ3v) is 3.75. The Morgan fingerprint density at radius 2 is 1.95 bits per heavy atom. The molecule has 0 fully saturated rings. The molecule has 100 valence electrons. The summed E-state index contributed by atoms with van der Waals surface area (Å²) in [4.78, 5) is 0. The summed E-state index contributed by atoms with van der Waals surface area (Å²) in [5, 5.41) is 10.1. The third-order valence-electron chi connectivity index (χ3n) is 3.01. The van der Waals surface area contributed by atoms with Crippen molar-refractivity contribution in [1.29, 1.82) is 0 Å². The van der Waals surface area contributed by atoms with E-state index in [-0.39, 0.29) is 17.8 Å². The molecule has 0 saturated carbocycles. The van der Waals surface area contributed by atoms with Gasteiger partial charge in [0, 0.05) is 16.5 Å². The second kappa shape index (κ2) is 5.80. The Morgan fingerprint density at radius 1 is 1.21 bits per heavy atom. The van der Waals surface area contributed by atoms with Crippen LogP contribution in [0.2, 0.25) is 0 Å². The highest BCUT2D eigenvalue weighted by Crippen LogP contribution is 2.26. The van der Waals surface area contributed by atoms with Gasteiger partial charge in [-0.3, -0.25) is 0 Å². The molecule has 0 bridgehead atoms. The van der Waals surface area contributed by atoms with E-state index in [1.807, 2.05) is 0 Å². The van der Waals surface area contributed by atoms with Gasteiger partial charge in [-0.25, -0.2) is 8.78 Å². The highest BCUT2D eigenvalue weighted by Gasteiger charge is 2.16. The number of rotatable bonds is 3. The number of aliphatic hydroxyl groups excluding tert-OH is 1. The monoisotopic (exact) mass is 326 g/mol. The van der Waals surface area contributed by atoms with Crippen LogP contribution >= 0.6 is 15.9 Å². The molecular formula is C15H13BrF2O. The van der Waals surface area contributed by atoms with Gasteiger partial charge in [-0.15, -0.1) is 0 Å². The van der Waals surface area contributed by atoms with Crippen molar-refractivity contribution in [2.75, 3.05) is 0 Å². The fourth-order valence-electron chi connectivity index (χ4n) is 1.93. The molecular weight excluding hydrogens is 314 g/mol. The molecule has 0 aliphatic heterocycles. The van der Waals surface area contributed by atoms with E-state index in [9.17, 15) is 13.9 Å². The second-order valence-corrected chi connectivity index (χ2v) is 5.29. The second-order valence-electron chi connectivity index (χ2n) is 4.43. The van der Waals surface area contributed by atoms with E-state index in [2.05, 4.69) is 15.9 Å². The van der Waals surface area contributed by atoms with Crippen LogP contribution in [-0.2, 0) is 6.42 Å². The predicted molar refractivity (Wildman–Crippen MR) is 73.9 cm³/mol. The summed E-state index contributed by atoms with van der Waals surface area (Å²) < 4.78 is 27.4. The highest BCUT2D eigenvalue weighted by molar-refractivity contribution is 9.10. The van der Waals surface area contributed by atoms with Crippen molar-refractivity contribution in [3.63, 3.8) is 0 Å². The Morgan fingerprint density at radius 3 is 2.63 bits per heavy atom. The van der Waals surface area contributed by atoms with Gasteiger partial charge in [-0.1, -0.05) is 40.2 Å². The Kier molecular flexibility index (Phi) is 4.32. The maximum absolute atomic E-state index is 13.9. The maximum atomic E-state index is 13.9. The zero-order valence-electron chi connectivity index (χ0n) is 10.3. The number of halogens is 3. The summed E-state index contributed by atoms with van der Waals surface area (Å²) in [6.07, 6.45) is -0.733. The Hall–Kier alpha value is -1.26. The molecule has 4 heteroatoms. The molecule has 0 aromatic heterocycles. The zero-order chi connectivity index (χ0) is 14.0. The SMILES string of the molecule is Cc1cccc(C(O)Cc2ccc(F)cc2Br)c1F. The van der Waals surface area contributed by atoms with Gasteiger partial charge >= 0.3 is 0 Å². The topological polar surface area (TPSA) is 20.2 Å². The summed E-state index contributed by atoms with van der Waals surface area (Å²) in [6, 6.07) is 9.14. The molecule has 0 amide bonds. The van der Waals surface area contributed by atoms with Crippen LogP contribution in [-0.4, -0.2) is 5.11 Å². The van der Waals surface area contributed by atoms with Gasteiger partial charge in [0.2, 0.25) is 0 Å². The average Bonchev–Trinajstić information content (AvgIpc) is 2.36. The van der Waals surface area contributed by atoms with Crippen molar-refractivity contribution in [3.8, 4) is 0 Å². The number of benzene rings is 2. The summed E-state index contributed by atoms with van der Waals surface area (Å²) >= 11 is 3.24. The molecule has 1 atom stereocenters. The molecule has 0 saturated heterocycles. The smallest absolute Gasteiger partial charge is 0.131 e. The van der Waals surface area contributed by atoms with E-state index in [4.69, 9.17) is 0 Å². The van der Waals surface area contributed by atoms with Crippen molar-refractivity contribution in [3.05, 3.63) is 69.2 Å². The largest absolute Gasteiger partial charge is 0.388 e. The van der Waals surface area contributed by atoms with Crippen LogP contribution in [0.5, 0.6) is 0 Å². The summed E-state index contributed by atoms with van der Waals surface area (Å²) in [7, 11) is 0. The third kappa shape index (κ3) is 3.19. The van der Waals surface area contributed by atoms with Crippen LogP contribution < -0.4 is 0 Å². The molecule has 2 aromatic rings. The van der Waals surface area contributed by atoms with Gasteiger partial charge < -0.3 is 5.11 Å². The Bertz CT molecular complexity index is 599. The zero-order valence-corrected chi connectivity index (χ0v) is 11.9. The minimum Gasteiger partial charge on any atom is -0.388 e. The lowest BCUT2D eigenvalue weighted by Crippen LogP contribution is -2.06. The van der Waals surface area contributed by atoms with E-state index in [0.29, 0.717) is 10.0 Å². The Balaban J connectivity index is 2.25. The van der Waals surface area contributed by atoms with E-state index in [1.54, 1.807) is 31.2 Å². The van der Waals surface area contributed by atoms with Crippen LogP contribution in [0.1, 0.15) is 22.8 Å². The molecule has 0 aliphatic rings. The fourth-order valence-corrected chi connectivity index (χ4v) is 2.45. The van der Waals surface area contributed by atoms with Crippen LogP contribution in [0.15, 0.2) is 40.9 Å². The first-order valence-electron chi connectivity index (χ1n) is 5.86. The standard InChI is InChI=1S/C15H13BrF2O/c1-9-3-2-4-12(15(9)18)14(19)7-10-5-6-11(17)8-13(10)16/h2-6,8,14,19H,7H2,1H3.